The molecule has 2 rings (SSSR count). The number of fused-ring (bicyclic) bond motifs is 1. The molecule has 1 aromatic heterocycles. The number of rotatable bonds is 1. The van der Waals surface area contributed by atoms with Crippen molar-refractivity contribution in [2.45, 2.75) is 20.8 Å². The van der Waals surface area contributed by atoms with Crippen LogP contribution in [0.4, 0.5) is 0 Å². The highest BCUT2D eigenvalue weighted by atomic mass is 32.1. The van der Waals surface area contributed by atoms with E-state index in [1.54, 1.807) is 0 Å². The number of hydrogen-bond acceptors (Lipinski definition) is 2. The lowest BCUT2D eigenvalue weighted by Crippen LogP contribution is -1.93. The molecule has 15 heavy (non-hydrogen) atoms. The standard InChI is InChI=1S/C12H12O2S/c1-6-4-9-8(3)11(12(13)14)15-10(9)5-7(6)2/h4-5H,1-3H3,(H,13,14). The summed E-state index contributed by atoms with van der Waals surface area (Å²) in [7, 11) is 0. The van der Waals surface area contributed by atoms with Crippen LogP contribution in [0.2, 0.25) is 0 Å². The number of benzene rings is 1. The van der Waals surface area contributed by atoms with Gasteiger partial charge in [0, 0.05) is 4.70 Å². The maximum Gasteiger partial charge on any atom is 0.346 e. The maximum absolute atomic E-state index is 11.0. The Bertz CT molecular complexity index is 552. The first-order valence-corrected chi connectivity index (χ1v) is 5.56. The Morgan fingerprint density at radius 1 is 1.20 bits per heavy atom. The van der Waals surface area contributed by atoms with Crippen molar-refractivity contribution >= 4 is 27.4 Å². The molecule has 0 aliphatic carbocycles. The third-order valence-corrected chi connectivity index (χ3v) is 3.99. The lowest BCUT2D eigenvalue weighted by Gasteiger charge is -1.99. The molecule has 1 aromatic carbocycles. The van der Waals surface area contributed by atoms with E-state index in [0.29, 0.717) is 4.88 Å². The van der Waals surface area contributed by atoms with Crippen LogP contribution >= 0.6 is 11.3 Å². The van der Waals surface area contributed by atoms with Crippen LogP contribution in [0.1, 0.15) is 26.4 Å². The van der Waals surface area contributed by atoms with Crippen molar-refractivity contribution in [3.63, 3.8) is 0 Å². The second-order valence-corrected chi connectivity index (χ2v) is 4.85. The molecule has 0 atom stereocenters. The number of carboxylic acids is 1. The SMILES string of the molecule is Cc1cc2sc(C(=O)O)c(C)c2cc1C. The molecule has 0 fully saturated rings. The molecule has 0 aliphatic heterocycles. The summed E-state index contributed by atoms with van der Waals surface area (Å²) < 4.78 is 1.06. The third-order valence-electron chi connectivity index (χ3n) is 2.75. The second kappa shape index (κ2) is 3.35. The van der Waals surface area contributed by atoms with Crippen LogP contribution < -0.4 is 0 Å². The second-order valence-electron chi connectivity index (χ2n) is 3.79. The van der Waals surface area contributed by atoms with Gasteiger partial charge in [0.25, 0.3) is 0 Å². The fourth-order valence-corrected chi connectivity index (χ4v) is 2.81. The molecule has 1 N–H and O–H groups in total. The number of hydrogen-bond donors (Lipinski definition) is 1. The topological polar surface area (TPSA) is 37.3 Å². The van der Waals surface area contributed by atoms with Gasteiger partial charge in [-0.1, -0.05) is 6.07 Å². The van der Waals surface area contributed by atoms with Crippen LogP contribution in [0, 0.1) is 20.8 Å². The quantitative estimate of drug-likeness (QED) is 0.798. The van der Waals surface area contributed by atoms with E-state index in [-0.39, 0.29) is 0 Å². The minimum absolute atomic E-state index is 0.454. The van der Waals surface area contributed by atoms with Crippen LogP contribution in [-0.4, -0.2) is 11.1 Å². The molecular formula is C12H12O2S. The van der Waals surface area contributed by atoms with Gasteiger partial charge in [0.15, 0.2) is 0 Å². The summed E-state index contributed by atoms with van der Waals surface area (Å²) in [5.41, 5.74) is 3.30. The van der Waals surface area contributed by atoms with Crippen LogP contribution in [0.25, 0.3) is 10.1 Å². The Morgan fingerprint density at radius 2 is 1.80 bits per heavy atom. The van der Waals surface area contributed by atoms with E-state index in [1.165, 1.54) is 22.5 Å². The maximum atomic E-state index is 11.0. The van der Waals surface area contributed by atoms with Crippen LogP contribution in [0.5, 0.6) is 0 Å². The van der Waals surface area contributed by atoms with Crippen molar-refractivity contribution in [2.75, 3.05) is 0 Å². The van der Waals surface area contributed by atoms with Gasteiger partial charge in [0.05, 0.1) is 0 Å². The van der Waals surface area contributed by atoms with E-state index < -0.39 is 5.97 Å². The predicted molar refractivity (Wildman–Crippen MR) is 63.0 cm³/mol. The van der Waals surface area contributed by atoms with Gasteiger partial charge in [-0.2, -0.15) is 0 Å². The highest BCUT2D eigenvalue weighted by molar-refractivity contribution is 7.21. The Balaban J connectivity index is 2.83. The summed E-state index contributed by atoms with van der Waals surface area (Å²) in [6, 6.07) is 4.14. The molecule has 0 bridgehead atoms. The van der Waals surface area contributed by atoms with Gasteiger partial charge in [0.1, 0.15) is 4.88 Å². The lowest BCUT2D eigenvalue weighted by molar-refractivity contribution is 0.0701. The lowest BCUT2D eigenvalue weighted by atomic mass is 10.1. The number of carboxylic acid groups (broad SMARTS) is 1. The van der Waals surface area contributed by atoms with Crippen LogP contribution in [0.3, 0.4) is 0 Å². The zero-order valence-electron chi connectivity index (χ0n) is 8.92. The summed E-state index contributed by atoms with van der Waals surface area (Å²) in [5, 5.41) is 10.1. The van der Waals surface area contributed by atoms with Gasteiger partial charge < -0.3 is 5.11 Å². The molecule has 0 amide bonds. The summed E-state index contributed by atoms with van der Waals surface area (Å²) >= 11 is 1.36. The highest BCUT2D eigenvalue weighted by Crippen LogP contribution is 2.32. The molecular weight excluding hydrogens is 208 g/mol. The van der Waals surface area contributed by atoms with Crippen molar-refractivity contribution < 1.29 is 9.90 Å². The van der Waals surface area contributed by atoms with Gasteiger partial charge in [0.2, 0.25) is 0 Å². The smallest absolute Gasteiger partial charge is 0.346 e. The van der Waals surface area contributed by atoms with E-state index in [0.717, 1.165) is 15.6 Å². The molecule has 0 spiro atoms. The normalized spacial score (nSPS) is 10.9. The van der Waals surface area contributed by atoms with E-state index >= 15 is 0 Å². The van der Waals surface area contributed by atoms with E-state index in [2.05, 4.69) is 12.1 Å². The van der Waals surface area contributed by atoms with Crippen molar-refractivity contribution in [2.24, 2.45) is 0 Å². The number of carbonyl (C=O) groups is 1. The van der Waals surface area contributed by atoms with Crippen LogP contribution in [0.15, 0.2) is 12.1 Å². The molecule has 0 aliphatic rings. The molecule has 78 valence electrons. The predicted octanol–water partition coefficient (Wildman–Crippen LogP) is 3.52. The van der Waals surface area contributed by atoms with Gasteiger partial charge in [-0.25, -0.2) is 4.79 Å². The van der Waals surface area contributed by atoms with Crippen molar-refractivity contribution in [1.29, 1.82) is 0 Å². The summed E-state index contributed by atoms with van der Waals surface area (Å²) in [6.45, 7) is 5.97. The molecule has 1 heterocycles. The molecule has 0 saturated carbocycles. The van der Waals surface area contributed by atoms with E-state index in [4.69, 9.17) is 5.11 Å². The Morgan fingerprint density at radius 3 is 2.40 bits per heavy atom. The van der Waals surface area contributed by atoms with E-state index in [1.807, 2.05) is 20.8 Å². The molecule has 3 heteroatoms. The molecule has 2 aromatic rings. The average molecular weight is 220 g/mol. The fraction of sp³-hybridized carbons (Fsp3) is 0.250. The van der Waals surface area contributed by atoms with Crippen molar-refractivity contribution in [3.8, 4) is 0 Å². The summed E-state index contributed by atoms with van der Waals surface area (Å²) in [4.78, 5) is 11.4. The minimum Gasteiger partial charge on any atom is -0.477 e. The first-order valence-electron chi connectivity index (χ1n) is 4.74. The third kappa shape index (κ3) is 1.53. The number of thiophene rings is 1. The van der Waals surface area contributed by atoms with Gasteiger partial charge in [-0.05, 0) is 48.9 Å². The molecule has 0 saturated heterocycles. The Hall–Kier alpha value is -1.35. The largest absolute Gasteiger partial charge is 0.477 e. The zero-order chi connectivity index (χ0) is 11.2. The fourth-order valence-electron chi connectivity index (χ4n) is 1.68. The van der Waals surface area contributed by atoms with Crippen LogP contribution in [-0.2, 0) is 0 Å². The minimum atomic E-state index is -0.830. The van der Waals surface area contributed by atoms with Crippen molar-refractivity contribution in [1.82, 2.24) is 0 Å². The first kappa shape index (κ1) is 10.2. The number of aromatic carboxylic acids is 1. The summed E-state index contributed by atoms with van der Waals surface area (Å²) in [5.74, 6) is -0.830. The first-order chi connectivity index (χ1) is 7.00. The highest BCUT2D eigenvalue weighted by Gasteiger charge is 2.14. The monoisotopic (exact) mass is 220 g/mol. The van der Waals surface area contributed by atoms with Gasteiger partial charge in [-0.3, -0.25) is 0 Å². The Labute approximate surface area is 92.2 Å². The van der Waals surface area contributed by atoms with Gasteiger partial charge in [-0.15, -0.1) is 11.3 Å². The zero-order valence-corrected chi connectivity index (χ0v) is 9.73. The van der Waals surface area contributed by atoms with E-state index in [9.17, 15) is 4.79 Å². The molecule has 0 radical (unpaired) electrons. The molecule has 2 nitrogen and oxygen atoms in total. The number of aryl methyl sites for hydroxylation is 3. The average Bonchev–Trinajstić information content (AvgIpc) is 2.46. The summed E-state index contributed by atoms with van der Waals surface area (Å²) in [6.07, 6.45) is 0. The Kier molecular flexibility index (Phi) is 2.27. The van der Waals surface area contributed by atoms with Crippen molar-refractivity contribution in [3.05, 3.63) is 33.7 Å². The van der Waals surface area contributed by atoms with Gasteiger partial charge >= 0.3 is 5.97 Å². The molecule has 0 unspecified atom stereocenters.